The van der Waals surface area contributed by atoms with Crippen LogP contribution in [0.5, 0.6) is 0 Å². The summed E-state index contributed by atoms with van der Waals surface area (Å²) < 4.78 is 0. The molecule has 1 aliphatic heterocycles. The molecule has 0 radical (unpaired) electrons. The summed E-state index contributed by atoms with van der Waals surface area (Å²) in [5.74, 6) is 1.87. The highest BCUT2D eigenvalue weighted by Gasteiger charge is 2.28. The van der Waals surface area contributed by atoms with E-state index in [1.54, 1.807) is 0 Å². The van der Waals surface area contributed by atoms with Crippen LogP contribution in [-0.2, 0) is 4.79 Å². The lowest BCUT2D eigenvalue weighted by molar-refractivity contribution is -0.122. The lowest BCUT2D eigenvalue weighted by atomic mass is 10.00. The van der Waals surface area contributed by atoms with Gasteiger partial charge >= 0.3 is 0 Å². The molecule has 0 aromatic rings. The molecule has 0 bridgehead atoms. The van der Waals surface area contributed by atoms with Gasteiger partial charge < -0.3 is 16.0 Å². The number of piperidine rings is 1. The molecule has 0 spiro atoms. The van der Waals surface area contributed by atoms with Gasteiger partial charge in [-0.2, -0.15) is 0 Å². The fraction of sp³-hybridized carbons (Fsp3) is 0.846. The Morgan fingerprint density at radius 3 is 2.61 bits per heavy atom. The van der Waals surface area contributed by atoms with Crippen molar-refractivity contribution in [1.29, 1.82) is 0 Å². The highest BCUT2D eigenvalue weighted by atomic mass is 16.2. The van der Waals surface area contributed by atoms with E-state index < -0.39 is 0 Å². The summed E-state index contributed by atoms with van der Waals surface area (Å²) >= 11 is 0. The molecule has 0 aromatic carbocycles. The molecule has 1 saturated heterocycles. The predicted octanol–water partition coefficient (Wildman–Crippen LogP) is 0.559. The zero-order valence-corrected chi connectivity index (χ0v) is 11.2. The molecule has 1 heterocycles. The van der Waals surface area contributed by atoms with Gasteiger partial charge in [-0.15, -0.1) is 0 Å². The topological polar surface area (TPSA) is 70.7 Å². The van der Waals surface area contributed by atoms with E-state index >= 15 is 0 Å². The third kappa shape index (κ3) is 3.89. The first-order valence-corrected chi connectivity index (χ1v) is 6.99. The molecule has 2 fully saturated rings. The summed E-state index contributed by atoms with van der Waals surface area (Å²) in [6.07, 6.45) is 4.47. The Kier molecular flexibility index (Phi) is 4.44. The van der Waals surface area contributed by atoms with Gasteiger partial charge in [0.05, 0.1) is 6.54 Å². The maximum Gasteiger partial charge on any atom is 0.223 e. The second kappa shape index (κ2) is 6.07. The number of nitrogens with one attached hydrogen (secondary N) is 1. The number of guanidine groups is 1. The normalized spacial score (nSPS) is 22.1. The molecule has 0 atom stereocenters. The van der Waals surface area contributed by atoms with Crippen molar-refractivity contribution in [3.63, 3.8) is 0 Å². The zero-order chi connectivity index (χ0) is 13.0. The minimum absolute atomic E-state index is 0.176. The van der Waals surface area contributed by atoms with E-state index in [2.05, 4.69) is 22.1 Å². The molecule has 102 valence electrons. The number of carbonyl (C=O) groups is 1. The van der Waals surface area contributed by atoms with Gasteiger partial charge in [-0.25, -0.2) is 0 Å². The van der Waals surface area contributed by atoms with Gasteiger partial charge in [-0.1, -0.05) is 6.92 Å². The molecule has 2 aliphatic rings. The van der Waals surface area contributed by atoms with Gasteiger partial charge in [-0.3, -0.25) is 9.79 Å². The van der Waals surface area contributed by atoms with Crippen molar-refractivity contribution in [1.82, 2.24) is 10.2 Å². The fourth-order valence-electron chi connectivity index (χ4n) is 2.18. The number of hydrogen-bond donors (Lipinski definition) is 2. The Balaban J connectivity index is 1.63. The molecule has 18 heavy (non-hydrogen) atoms. The number of hydrogen-bond acceptors (Lipinski definition) is 2. The number of rotatable bonds is 4. The van der Waals surface area contributed by atoms with E-state index in [1.165, 1.54) is 12.8 Å². The number of carbonyl (C=O) groups excluding carboxylic acids is 1. The van der Waals surface area contributed by atoms with Crippen molar-refractivity contribution in [3.8, 4) is 0 Å². The molecular formula is C13H24N4O. The minimum atomic E-state index is 0.176. The van der Waals surface area contributed by atoms with E-state index in [4.69, 9.17) is 5.73 Å². The molecular weight excluding hydrogens is 228 g/mol. The molecule has 0 aromatic heterocycles. The number of likely N-dealkylation sites (tertiary alicyclic amines) is 1. The Morgan fingerprint density at radius 2 is 2.00 bits per heavy atom. The number of nitrogens with two attached hydrogens (primary N) is 1. The first-order valence-electron chi connectivity index (χ1n) is 6.99. The second-order valence-corrected chi connectivity index (χ2v) is 5.47. The van der Waals surface area contributed by atoms with Crippen LogP contribution in [0.3, 0.4) is 0 Å². The predicted molar refractivity (Wildman–Crippen MR) is 72.2 cm³/mol. The summed E-state index contributed by atoms with van der Waals surface area (Å²) in [7, 11) is 0. The standard InChI is InChI=1S/C13H24N4O/c1-10-4-8-17(9-5-10)13(14)16-7-6-15-12(18)11-2-3-11/h10-11H,2-9H2,1H3,(H2,14,16)(H,15,18). The first kappa shape index (κ1) is 13.2. The van der Waals surface area contributed by atoms with Gasteiger partial charge in [0.25, 0.3) is 0 Å². The molecule has 1 amide bonds. The maximum absolute atomic E-state index is 11.4. The van der Waals surface area contributed by atoms with Crippen LogP contribution in [0.1, 0.15) is 32.6 Å². The third-order valence-electron chi connectivity index (χ3n) is 3.74. The molecule has 1 aliphatic carbocycles. The third-order valence-corrected chi connectivity index (χ3v) is 3.74. The number of nitrogens with zero attached hydrogens (tertiary/aromatic N) is 2. The maximum atomic E-state index is 11.4. The van der Waals surface area contributed by atoms with Gasteiger partial charge in [0.1, 0.15) is 0 Å². The molecule has 5 heteroatoms. The van der Waals surface area contributed by atoms with Crippen LogP contribution >= 0.6 is 0 Å². The van der Waals surface area contributed by atoms with Gasteiger partial charge in [-0.05, 0) is 31.6 Å². The summed E-state index contributed by atoms with van der Waals surface area (Å²) in [5.41, 5.74) is 5.95. The van der Waals surface area contributed by atoms with E-state index in [1.807, 2.05) is 0 Å². The van der Waals surface area contributed by atoms with Crippen LogP contribution in [0.25, 0.3) is 0 Å². The van der Waals surface area contributed by atoms with E-state index in [0.717, 1.165) is 31.8 Å². The van der Waals surface area contributed by atoms with E-state index in [0.29, 0.717) is 19.0 Å². The van der Waals surface area contributed by atoms with Crippen molar-refractivity contribution in [3.05, 3.63) is 0 Å². The Bertz CT molecular complexity index is 317. The first-order chi connectivity index (χ1) is 8.66. The van der Waals surface area contributed by atoms with Gasteiger partial charge in [0.15, 0.2) is 5.96 Å². The average Bonchev–Trinajstić information content (AvgIpc) is 3.19. The number of amides is 1. The summed E-state index contributed by atoms with van der Waals surface area (Å²) in [6, 6.07) is 0. The van der Waals surface area contributed by atoms with Gasteiger partial charge in [0.2, 0.25) is 5.91 Å². The van der Waals surface area contributed by atoms with Crippen molar-refractivity contribution >= 4 is 11.9 Å². The highest BCUT2D eigenvalue weighted by Crippen LogP contribution is 2.28. The summed E-state index contributed by atoms with van der Waals surface area (Å²) in [6.45, 7) is 5.46. The van der Waals surface area contributed by atoms with Crippen LogP contribution in [0.15, 0.2) is 4.99 Å². The average molecular weight is 252 g/mol. The minimum Gasteiger partial charge on any atom is -0.370 e. The van der Waals surface area contributed by atoms with Crippen molar-refractivity contribution in [2.24, 2.45) is 22.6 Å². The lowest BCUT2D eigenvalue weighted by Crippen LogP contribution is -2.42. The van der Waals surface area contributed by atoms with Crippen LogP contribution in [0.2, 0.25) is 0 Å². The molecule has 3 N–H and O–H groups in total. The second-order valence-electron chi connectivity index (χ2n) is 5.47. The lowest BCUT2D eigenvalue weighted by Gasteiger charge is -2.31. The Morgan fingerprint density at radius 1 is 1.33 bits per heavy atom. The highest BCUT2D eigenvalue weighted by molar-refractivity contribution is 5.81. The summed E-state index contributed by atoms with van der Waals surface area (Å²) in [4.78, 5) is 17.9. The molecule has 1 saturated carbocycles. The zero-order valence-electron chi connectivity index (χ0n) is 11.2. The van der Waals surface area contributed by atoms with Gasteiger partial charge in [0, 0.05) is 25.6 Å². The van der Waals surface area contributed by atoms with Crippen LogP contribution in [-0.4, -0.2) is 42.9 Å². The fourth-order valence-corrected chi connectivity index (χ4v) is 2.18. The van der Waals surface area contributed by atoms with Crippen molar-refractivity contribution < 1.29 is 4.79 Å². The quantitative estimate of drug-likeness (QED) is 0.436. The molecule has 0 unspecified atom stereocenters. The number of aliphatic imine (C=N–C) groups is 1. The Labute approximate surface area is 109 Å². The SMILES string of the molecule is CC1CCN(C(N)=NCCNC(=O)C2CC2)CC1. The largest absolute Gasteiger partial charge is 0.370 e. The monoisotopic (exact) mass is 252 g/mol. The van der Waals surface area contributed by atoms with E-state index in [-0.39, 0.29) is 11.8 Å². The van der Waals surface area contributed by atoms with E-state index in [9.17, 15) is 4.79 Å². The molecule has 2 rings (SSSR count). The smallest absolute Gasteiger partial charge is 0.223 e. The van der Waals surface area contributed by atoms with Crippen LogP contribution in [0.4, 0.5) is 0 Å². The molecule has 5 nitrogen and oxygen atoms in total. The van der Waals surface area contributed by atoms with Crippen LogP contribution in [0, 0.1) is 11.8 Å². The Hall–Kier alpha value is -1.26. The summed E-state index contributed by atoms with van der Waals surface area (Å²) in [5, 5.41) is 2.89. The van der Waals surface area contributed by atoms with Crippen molar-refractivity contribution in [2.45, 2.75) is 32.6 Å². The van der Waals surface area contributed by atoms with Crippen LogP contribution < -0.4 is 11.1 Å². The van der Waals surface area contributed by atoms with Crippen molar-refractivity contribution in [2.75, 3.05) is 26.2 Å².